The number of amidine groups is 1. The molecule has 0 N–H and O–H groups in total. The molecule has 1 saturated heterocycles. The molecule has 3 aliphatic rings. The van der Waals surface area contributed by atoms with Crippen molar-refractivity contribution in [1.82, 2.24) is 14.8 Å². The van der Waals surface area contributed by atoms with Gasteiger partial charge in [0, 0.05) is 13.6 Å². The van der Waals surface area contributed by atoms with Gasteiger partial charge in [-0.2, -0.15) is 0 Å². The van der Waals surface area contributed by atoms with Crippen molar-refractivity contribution in [3.63, 3.8) is 0 Å². The summed E-state index contributed by atoms with van der Waals surface area (Å²) in [5.74, 6) is -0.0651. The van der Waals surface area contributed by atoms with Gasteiger partial charge in [0.05, 0.1) is 12.3 Å². The van der Waals surface area contributed by atoms with Crippen LogP contribution < -0.4 is 0 Å². The number of urea groups is 1. The number of ether oxygens (including phenoxy) is 1. The maximum Gasteiger partial charge on any atom is 0.417 e. The van der Waals surface area contributed by atoms with Crippen LogP contribution in [0, 0.1) is 0 Å². The minimum atomic E-state index is -0.719. The van der Waals surface area contributed by atoms with Gasteiger partial charge in [0.25, 0.3) is 5.91 Å². The van der Waals surface area contributed by atoms with Gasteiger partial charge in [0.15, 0.2) is 6.54 Å². The number of imide groups is 1. The van der Waals surface area contributed by atoms with Crippen molar-refractivity contribution in [1.29, 1.82) is 0 Å². The van der Waals surface area contributed by atoms with Crippen molar-refractivity contribution >= 4 is 35.4 Å². The summed E-state index contributed by atoms with van der Waals surface area (Å²) in [7, 11) is 1.59. The van der Waals surface area contributed by atoms with Crippen molar-refractivity contribution in [3.8, 4) is 0 Å². The van der Waals surface area contributed by atoms with E-state index in [9.17, 15) is 14.4 Å². The van der Waals surface area contributed by atoms with E-state index in [-0.39, 0.29) is 25.6 Å². The fourth-order valence-electron chi connectivity index (χ4n) is 3.22. The topological polar surface area (TPSA) is 97.9 Å². The molecular weight excluding hydrogens is 352 g/mol. The first-order valence-corrected chi connectivity index (χ1v) is 8.78. The second-order valence-electron chi connectivity index (χ2n) is 6.36. The quantitative estimate of drug-likeness (QED) is 0.378. The normalized spacial score (nSPS) is 22.2. The Morgan fingerprint density at radius 3 is 2.81 bits per heavy atom. The number of rotatable bonds is 5. The monoisotopic (exact) mass is 375 g/mol. The molecule has 3 heterocycles. The summed E-state index contributed by atoms with van der Waals surface area (Å²) in [5.41, 5.74) is 0.729. The number of amides is 3. The first kappa shape index (κ1) is 18.7. The fraction of sp³-hybridized carbons (Fsp3) is 0.529. The zero-order chi connectivity index (χ0) is 19.7. The standard InChI is InChI=1S/C17H23N6O4/c1-5-7-8-21-15(25)13-14(20(4)17(21)26)18-16-22(13)9-11(3)19-23(16)10-12(24)27-6-2/h5,7,13H,6,8-10H2,1-4H3/q+1/b7-5+. The molecule has 1 unspecified atom stereocenters. The Balaban J connectivity index is 1.95. The summed E-state index contributed by atoms with van der Waals surface area (Å²) >= 11 is 0. The minimum absolute atomic E-state index is 0.116. The van der Waals surface area contributed by atoms with Crippen LogP contribution in [-0.2, 0) is 14.3 Å². The lowest BCUT2D eigenvalue weighted by Gasteiger charge is -2.33. The Hall–Kier alpha value is -3.04. The van der Waals surface area contributed by atoms with E-state index in [2.05, 4.69) is 10.1 Å². The molecule has 0 radical (unpaired) electrons. The molecule has 0 spiro atoms. The van der Waals surface area contributed by atoms with Gasteiger partial charge >= 0.3 is 18.0 Å². The van der Waals surface area contributed by atoms with Gasteiger partial charge < -0.3 is 4.74 Å². The molecule has 10 heteroatoms. The first-order valence-electron chi connectivity index (χ1n) is 8.78. The third kappa shape index (κ3) is 3.22. The summed E-state index contributed by atoms with van der Waals surface area (Å²) in [6, 6.07) is -1.15. The van der Waals surface area contributed by atoms with Gasteiger partial charge in [-0.1, -0.05) is 17.1 Å². The minimum Gasteiger partial charge on any atom is -0.464 e. The van der Waals surface area contributed by atoms with Gasteiger partial charge in [-0.05, 0) is 20.8 Å². The van der Waals surface area contributed by atoms with Crippen molar-refractivity contribution in [2.24, 2.45) is 10.1 Å². The second kappa shape index (κ2) is 7.29. The highest BCUT2D eigenvalue weighted by atomic mass is 16.5. The van der Waals surface area contributed by atoms with Gasteiger partial charge in [0.2, 0.25) is 11.9 Å². The molecule has 0 aromatic rings. The number of hydrogen-bond donors (Lipinski definition) is 0. The first-order chi connectivity index (χ1) is 12.9. The Labute approximate surface area is 157 Å². The zero-order valence-electron chi connectivity index (χ0n) is 15.9. The molecule has 144 valence electrons. The van der Waals surface area contributed by atoms with Crippen molar-refractivity contribution in [3.05, 3.63) is 12.2 Å². The van der Waals surface area contributed by atoms with E-state index in [1.807, 2.05) is 13.8 Å². The Bertz CT molecular complexity index is 812. The number of allylic oxidation sites excluding steroid dienone is 1. The third-order valence-electron chi connectivity index (χ3n) is 4.42. The van der Waals surface area contributed by atoms with Crippen LogP contribution in [0.4, 0.5) is 4.79 Å². The van der Waals surface area contributed by atoms with Gasteiger partial charge in [-0.25, -0.2) is 14.2 Å². The van der Waals surface area contributed by atoms with Crippen molar-refractivity contribution < 1.29 is 23.7 Å². The largest absolute Gasteiger partial charge is 0.464 e. The average Bonchev–Trinajstić information content (AvgIpc) is 3.00. The SMILES string of the molecule is C/C=C/CN1C(=O)C2C(=NC3=[N+]2CC(C)=NN3CC(=O)OCC)N(C)C1=O. The highest BCUT2D eigenvalue weighted by Crippen LogP contribution is 2.22. The molecule has 10 nitrogen and oxygen atoms in total. The molecule has 3 aliphatic heterocycles. The second-order valence-corrected chi connectivity index (χ2v) is 6.36. The number of aliphatic imine (C=N–C) groups is 1. The molecule has 0 aromatic carbocycles. The summed E-state index contributed by atoms with van der Waals surface area (Å²) in [6.45, 7) is 6.10. The number of hydrazone groups is 1. The molecule has 0 aliphatic carbocycles. The predicted octanol–water partition coefficient (Wildman–Crippen LogP) is -0.140. The molecule has 1 atom stereocenters. The van der Waals surface area contributed by atoms with Gasteiger partial charge in [-0.3, -0.25) is 14.6 Å². The van der Waals surface area contributed by atoms with Crippen LogP contribution >= 0.6 is 0 Å². The Morgan fingerprint density at radius 2 is 2.15 bits per heavy atom. The number of guanidine groups is 1. The smallest absolute Gasteiger partial charge is 0.417 e. The van der Waals surface area contributed by atoms with Crippen LogP contribution in [0.1, 0.15) is 20.8 Å². The van der Waals surface area contributed by atoms with Gasteiger partial charge in [-0.15, -0.1) is 10.1 Å². The maximum absolute atomic E-state index is 13.0. The fourth-order valence-corrected chi connectivity index (χ4v) is 3.22. The number of carbonyl (C=O) groups excluding carboxylic acids is 3. The van der Waals surface area contributed by atoms with E-state index >= 15 is 0 Å². The van der Waals surface area contributed by atoms with Crippen LogP contribution in [0.5, 0.6) is 0 Å². The molecule has 3 rings (SSSR count). The third-order valence-corrected chi connectivity index (χ3v) is 4.42. The predicted molar refractivity (Wildman–Crippen MR) is 97.5 cm³/mol. The summed E-state index contributed by atoms with van der Waals surface area (Å²) in [4.78, 5) is 44.5. The maximum atomic E-state index is 13.0. The molecular formula is C17H23N6O4+. The highest BCUT2D eigenvalue weighted by Gasteiger charge is 2.54. The number of nitrogens with zero attached hydrogens (tertiary/aromatic N) is 6. The van der Waals surface area contributed by atoms with Crippen LogP contribution in [0.2, 0.25) is 0 Å². The average molecular weight is 375 g/mol. The lowest BCUT2D eigenvalue weighted by Crippen LogP contribution is -2.63. The number of esters is 1. The molecule has 0 aromatic heterocycles. The van der Waals surface area contributed by atoms with E-state index in [0.717, 1.165) is 5.71 Å². The molecule has 1 fully saturated rings. The van der Waals surface area contributed by atoms with E-state index < -0.39 is 18.0 Å². The van der Waals surface area contributed by atoms with Crippen LogP contribution in [0.3, 0.4) is 0 Å². The lowest BCUT2D eigenvalue weighted by molar-refractivity contribution is -0.527. The van der Waals surface area contributed by atoms with Gasteiger partial charge in [0.1, 0.15) is 6.54 Å². The lowest BCUT2D eigenvalue weighted by atomic mass is 10.1. The molecule has 27 heavy (non-hydrogen) atoms. The molecule has 0 saturated carbocycles. The Kier molecular flexibility index (Phi) is 5.06. The highest BCUT2D eigenvalue weighted by molar-refractivity contribution is 6.23. The zero-order valence-corrected chi connectivity index (χ0v) is 15.9. The summed E-state index contributed by atoms with van der Waals surface area (Å²) < 4.78 is 6.76. The molecule has 0 bridgehead atoms. The van der Waals surface area contributed by atoms with Crippen LogP contribution in [0.25, 0.3) is 0 Å². The van der Waals surface area contributed by atoms with E-state index in [0.29, 0.717) is 18.3 Å². The summed E-state index contributed by atoms with van der Waals surface area (Å²) in [5, 5.41) is 5.79. The van der Waals surface area contributed by atoms with E-state index in [1.54, 1.807) is 30.7 Å². The summed E-state index contributed by atoms with van der Waals surface area (Å²) in [6.07, 6.45) is 3.54. The van der Waals surface area contributed by atoms with Crippen molar-refractivity contribution in [2.45, 2.75) is 26.8 Å². The number of hydrogen-bond acceptors (Lipinski definition) is 7. The molecule has 3 amide bonds. The number of fused-ring (bicyclic) bond motifs is 2. The van der Waals surface area contributed by atoms with Crippen LogP contribution in [0.15, 0.2) is 22.2 Å². The van der Waals surface area contributed by atoms with Crippen molar-refractivity contribution in [2.75, 3.05) is 33.3 Å². The number of likely N-dealkylation sites (N-methyl/N-ethyl adjacent to an activating group) is 1. The number of carbonyl (C=O) groups is 3. The van der Waals surface area contributed by atoms with E-state index in [1.165, 1.54) is 14.8 Å². The van der Waals surface area contributed by atoms with Crippen LogP contribution in [-0.4, -0.2) is 94.1 Å². The Morgan fingerprint density at radius 1 is 1.41 bits per heavy atom. The van der Waals surface area contributed by atoms with E-state index in [4.69, 9.17) is 4.74 Å².